The van der Waals surface area contributed by atoms with Gasteiger partial charge in [0.05, 0.1) is 18.1 Å². The molecule has 1 heterocycles. The van der Waals surface area contributed by atoms with E-state index >= 15 is 0 Å². The van der Waals surface area contributed by atoms with Crippen LogP contribution in [0.15, 0.2) is 23.0 Å². The van der Waals surface area contributed by atoms with Gasteiger partial charge in [-0.25, -0.2) is 0 Å². The summed E-state index contributed by atoms with van der Waals surface area (Å²) in [6, 6.07) is 2.00. The molecule has 92 valence electrons. The van der Waals surface area contributed by atoms with E-state index in [1.54, 1.807) is 12.5 Å². The van der Waals surface area contributed by atoms with Crippen LogP contribution in [0.25, 0.3) is 0 Å². The van der Waals surface area contributed by atoms with Crippen LogP contribution in [0.5, 0.6) is 0 Å². The highest BCUT2D eigenvalue weighted by molar-refractivity contribution is 5.17. The average molecular weight is 232 g/mol. The van der Waals surface area contributed by atoms with Crippen molar-refractivity contribution in [1.29, 1.82) is 0 Å². The molecule has 3 saturated carbocycles. The van der Waals surface area contributed by atoms with Crippen LogP contribution in [0.4, 0.5) is 0 Å². The predicted molar refractivity (Wildman–Crippen MR) is 64.4 cm³/mol. The van der Waals surface area contributed by atoms with Crippen molar-refractivity contribution in [1.82, 2.24) is 0 Å². The van der Waals surface area contributed by atoms with Crippen LogP contribution in [-0.4, -0.2) is 10.7 Å². The minimum Gasteiger partial charge on any atom is -0.472 e. The molecule has 1 N–H and O–H groups in total. The van der Waals surface area contributed by atoms with Gasteiger partial charge in [-0.15, -0.1) is 0 Å². The first-order valence-corrected chi connectivity index (χ1v) is 7.00. The molecule has 17 heavy (non-hydrogen) atoms. The molecule has 0 aromatic carbocycles. The number of aliphatic hydroxyl groups is 1. The Morgan fingerprint density at radius 3 is 3.06 bits per heavy atom. The maximum atomic E-state index is 11.0. The van der Waals surface area contributed by atoms with Gasteiger partial charge in [-0.05, 0) is 61.0 Å². The van der Waals surface area contributed by atoms with Gasteiger partial charge in [0, 0.05) is 6.42 Å². The summed E-state index contributed by atoms with van der Waals surface area (Å²) in [4.78, 5) is 0. The van der Waals surface area contributed by atoms with E-state index in [2.05, 4.69) is 0 Å². The van der Waals surface area contributed by atoms with Crippen molar-refractivity contribution < 1.29 is 9.52 Å². The second-order valence-electron chi connectivity index (χ2n) is 6.48. The van der Waals surface area contributed by atoms with Crippen molar-refractivity contribution in [2.45, 2.75) is 44.1 Å². The summed E-state index contributed by atoms with van der Waals surface area (Å²) in [5.41, 5.74) is 0.731. The highest BCUT2D eigenvalue weighted by Crippen LogP contribution is 2.62. The molecule has 5 atom stereocenters. The molecule has 4 rings (SSSR count). The first-order chi connectivity index (χ1) is 8.26. The lowest BCUT2D eigenvalue weighted by Gasteiger charge is -2.39. The largest absolute Gasteiger partial charge is 0.472 e. The van der Waals surface area contributed by atoms with Crippen molar-refractivity contribution in [2.24, 2.45) is 23.7 Å². The maximum absolute atomic E-state index is 11.0. The van der Waals surface area contributed by atoms with Crippen LogP contribution < -0.4 is 0 Å². The summed E-state index contributed by atoms with van der Waals surface area (Å²) in [6.45, 7) is 0. The van der Waals surface area contributed by atoms with E-state index in [1.165, 1.54) is 25.7 Å². The molecule has 1 aromatic rings. The van der Waals surface area contributed by atoms with Gasteiger partial charge in [0.25, 0.3) is 0 Å². The Morgan fingerprint density at radius 1 is 1.35 bits per heavy atom. The summed E-state index contributed by atoms with van der Waals surface area (Å²) in [6.07, 6.45) is 10.8. The van der Waals surface area contributed by atoms with Crippen molar-refractivity contribution in [2.75, 3.05) is 0 Å². The van der Waals surface area contributed by atoms with Crippen LogP contribution in [0.2, 0.25) is 0 Å². The molecule has 0 spiro atoms. The van der Waals surface area contributed by atoms with Gasteiger partial charge >= 0.3 is 0 Å². The fourth-order valence-electron chi connectivity index (χ4n) is 5.19. The monoisotopic (exact) mass is 232 g/mol. The molecule has 3 fully saturated rings. The molecule has 1 aromatic heterocycles. The molecular formula is C15H20O2. The fraction of sp³-hybridized carbons (Fsp3) is 0.733. The second kappa shape index (κ2) is 3.38. The zero-order valence-corrected chi connectivity index (χ0v) is 10.1. The minimum absolute atomic E-state index is 0.431. The Kier molecular flexibility index (Phi) is 2.03. The van der Waals surface area contributed by atoms with Crippen molar-refractivity contribution in [3.63, 3.8) is 0 Å². The third-order valence-electron chi connectivity index (χ3n) is 5.70. The van der Waals surface area contributed by atoms with Gasteiger partial charge in [-0.3, -0.25) is 0 Å². The first-order valence-electron chi connectivity index (χ1n) is 7.00. The lowest BCUT2D eigenvalue weighted by atomic mass is 9.71. The van der Waals surface area contributed by atoms with E-state index in [4.69, 9.17) is 4.42 Å². The third-order valence-corrected chi connectivity index (χ3v) is 5.70. The number of fused-ring (bicyclic) bond motifs is 5. The molecule has 0 radical (unpaired) electrons. The quantitative estimate of drug-likeness (QED) is 0.850. The first kappa shape index (κ1) is 10.2. The van der Waals surface area contributed by atoms with Crippen molar-refractivity contribution in [3.8, 4) is 0 Å². The number of rotatable bonds is 2. The lowest BCUT2D eigenvalue weighted by Crippen LogP contribution is -2.43. The Balaban J connectivity index is 1.59. The zero-order valence-electron chi connectivity index (χ0n) is 10.1. The van der Waals surface area contributed by atoms with Crippen LogP contribution in [0, 0.1) is 23.7 Å². The van der Waals surface area contributed by atoms with E-state index in [0.717, 1.165) is 36.2 Å². The Bertz CT molecular complexity index is 411. The van der Waals surface area contributed by atoms with Crippen LogP contribution >= 0.6 is 0 Å². The van der Waals surface area contributed by atoms with Crippen LogP contribution in [-0.2, 0) is 6.42 Å². The molecular weight excluding hydrogens is 212 g/mol. The summed E-state index contributed by atoms with van der Waals surface area (Å²) < 4.78 is 5.13. The lowest BCUT2D eigenvalue weighted by molar-refractivity contribution is -0.0451. The van der Waals surface area contributed by atoms with Gasteiger partial charge in [-0.2, -0.15) is 0 Å². The number of furan rings is 1. The van der Waals surface area contributed by atoms with Gasteiger partial charge in [-0.1, -0.05) is 6.42 Å². The average Bonchev–Trinajstić information content (AvgIpc) is 2.96. The van der Waals surface area contributed by atoms with Crippen molar-refractivity contribution in [3.05, 3.63) is 24.2 Å². The summed E-state index contributed by atoms with van der Waals surface area (Å²) in [5.74, 6) is 3.15. The fourth-order valence-corrected chi connectivity index (χ4v) is 5.19. The van der Waals surface area contributed by atoms with E-state index in [-0.39, 0.29) is 0 Å². The normalized spacial score (nSPS) is 47.6. The zero-order chi connectivity index (χ0) is 11.5. The van der Waals surface area contributed by atoms with E-state index in [0.29, 0.717) is 5.92 Å². The number of hydrogen-bond donors (Lipinski definition) is 1. The smallest absolute Gasteiger partial charge is 0.0935 e. The van der Waals surface area contributed by atoms with Crippen molar-refractivity contribution >= 4 is 0 Å². The van der Waals surface area contributed by atoms with E-state index in [1.807, 2.05) is 6.07 Å². The van der Waals surface area contributed by atoms with E-state index < -0.39 is 5.60 Å². The second-order valence-corrected chi connectivity index (χ2v) is 6.48. The summed E-state index contributed by atoms with van der Waals surface area (Å²) in [5, 5.41) is 11.0. The SMILES string of the molecule is OC1(Cc2ccoc2)CC2CC1C1CCCC21. The standard InChI is InChI=1S/C15H20O2/c16-15(7-10-4-5-17-9-10)8-11-6-14(15)13-3-1-2-12(11)13/h4-5,9,11-14,16H,1-3,6-8H2. The van der Waals surface area contributed by atoms with Crippen LogP contribution in [0.1, 0.15) is 37.7 Å². The molecule has 2 heteroatoms. The molecule has 3 aliphatic carbocycles. The summed E-state index contributed by atoms with van der Waals surface area (Å²) >= 11 is 0. The molecule has 3 aliphatic rings. The Morgan fingerprint density at radius 2 is 2.24 bits per heavy atom. The molecule has 0 aliphatic heterocycles. The topological polar surface area (TPSA) is 33.4 Å². The minimum atomic E-state index is -0.431. The highest BCUT2D eigenvalue weighted by Gasteiger charge is 2.60. The van der Waals surface area contributed by atoms with Gasteiger partial charge in [0.1, 0.15) is 0 Å². The van der Waals surface area contributed by atoms with Gasteiger partial charge in [0.15, 0.2) is 0 Å². The van der Waals surface area contributed by atoms with Gasteiger partial charge in [0.2, 0.25) is 0 Å². The third kappa shape index (κ3) is 1.36. The maximum Gasteiger partial charge on any atom is 0.0935 e. The van der Waals surface area contributed by atoms with Crippen LogP contribution in [0.3, 0.4) is 0 Å². The molecule has 0 saturated heterocycles. The highest BCUT2D eigenvalue weighted by atomic mass is 16.3. The molecule has 2 nitrogen and oxygen atoms in total. The van der Waals surface area contributed by atoms with Gasteiger partial charge < -0.3 is 9.52 Å². The van der Waals surface area contributed by atoms with E-state index in [9.17, 15) is 5.11 Å². The Labute approximate surface area is 102 Å². The number of hydrogen-bond acceptors (Lipinski definition) is 2. The Hall–Kier alpha value is -0.760. The predicted octanol–water partition coefficient (Wildman–Crippen LogP) is 3.01. The summed E-state index contributed by atoms with van der Waals surface area (Å²) in [7, 11) is 0. The molecule has 5 unspecified atom stereocenters. The molecule has 2 bridgehead atoms. The molecule has 0 amide bonds.